The lowest BCUT2D eigenvalue weighted by Gasteiger charge is -2.22. The quantitative estimate of drug-likeness (QED) is 0.702. The van der Waals surface area contributed by atoms with E-state index in [0.29, 0.717) is 13.2 Å². The van der Waals surface area contributed by atoms with Gasteiger partial charge >= 0.3 is 0 Å². The van der Waals surface area contributed by atoms with Gasteiger partial charge in [0.1, 0.15) is 6.61 Å². The zero-order valence-electron chi connectivity index (χ0n) is 10.6. The first-order valence-corrected chi connectivity index (χ1v) is 6.16. The summed E-state index contributed by atoms with van der Waals surface area (Å²) >= 11 is 0. The highest BCUT2D eigenvalue weighted by Gasteiger charge is 2.21. The number of hydrogen-bond acceptors (Lipinski definition) is 4. The molecule has 0 aromatic carbocycles. The molecule has 1 heterocycles. The normalized spacial score (nSPS) is 18.4. The Balaban J connectivity index is 1.69. The topological polar surface area (TPSA) is 76.2 Å². The molecule has 0 saturated carbocycles. The minimum absolute atomic E-state index is 0.0703. The highest BCUT2D eigenvalue weighted by Crippen LogP contribution is 2.18. The number of aromatic amines is 1. The van der Waals surface area contributed by atoms with Crippen molar-refractivity contribution in [3.05, 3.63) is 17.5 Å². The summed E-state index contributed by atoms with van der Waals surface area (Å²) in [6.45, 7) is 1.04. The molecule has 2 rings (SSSR count). The summed E-state index contributed by atoms with van der Waals surface area (Å²) in [4.78, 5) is 11.6. The van der Waals surface area contributed by atoms with Gasteiger partial charge in [-0.3, -0.25) is 9.89 Å². The molecule has 18 heavy (non-hydrogen) atoms. The van der Waals surface area contributed by atoms with E-state index >= 15 is 0 Å². The summed E-state index contributed by atoms with van der Waals surface area (Å²) < 4.78 is 10.0. The van der Waals surface area contributed by atoms with Crippen LogP contribution in [0.2, 0.25) is 0 Å². The molecule has 100 valence electrons. The average Bonchev–Trinajstić information content (AvgIpc) is 2.82. The molecule has 6 heteroatoms. The van der Waals surface area contributed by atoms with Gasteiger partial charge < -0.3 is 14.8 Å². The molecule has 1 aromatic heterocycles. The molecule has 1 amide bonds. The van der Waals surface area contributed by atoms with Crippen molar-refractivity contribution in [3.8, 4) is 0 Å². The van der Waals surface area contributed by atoms with Gasteiger partial charge in [0.15, 0.2) is 0 Å². The SMILES string of the molecule is COCCOCC(=O)NC1CCc2cn[nH]c2C1. The fourth-order valence-corrected chi connectivity index (χ4v) is 2.11. The highest BCUT2D eigenvalue weighted by molar-refractivity contribution is 5.77. The van der Waals surface area contributed by atoms with Crippen LogP contribution >= 0.6 is 0 Å². The largest absolute Gasteiger partial charge is 0.382 e. The number of H-pyrrole nitrogens is 1. The van der Waals surface area contributed by atoms with Crippen molar-refractivity contribution < 1.29 is 14.3 Å². The summed E-state index contributed by atoms with van der Waals surface area (Å²) in [6.07, 6.45) is 4.60. The van der Waals surface area contributed by atoms with E-state index in [4.69, 9.17) is 9.47 Å². The van der Waals surface area contributed by atoms with E-state index in [-0.39, 0.29) is 18.6 Å². The lowest BCUT2D eigenvalue weighted by atomic mass is 9.94. The Kier molecular flexibility index (Phi) is 4.72. The number of carbonyl (C=O) groups excluding carboxylic acids is 1. The molecule has 1 aromatic rings. The van der Waals surface area contributed by atoms with Crippen LogP contribution in [0.1, 0.15) is 17.7 Å². The smallest absolute Gasteiger partial charge is 0.246 e. The van der Waals surface area contributed by atoms with Gasteiger partial charge in [-0.1, -0.05) is 0 Å². The van der Waals surface area contributed by atoms with Gasteiger partial charge in [0.05, 0.1) is 19.4 Å². The lowest BCUT2D eigenvalue weighted by Crippen LogP contribution is -2.40. The molecule has 2 N–H and O–H groups in total. The van der Waals surface area contributed by atoms with Crippen LogP contribution in [-0.2, 0) is 27.1 Å². The van der Waals surface area contributed by atoms with Gasteiger partial charge in [-0.25, -0.2) is 0 Å². The molecule has 0 fully saturated rings. The number of rotatable bonds is 6. The fourth-order valence-electron chi connectivity index (χ4n) is 2.11. The number of amides is 1. The summed E-state index contributed by atoms with van der Waals surface area (Å²) in [5.41, 5.74) is 2.39. The van der Waals surface area contributed by atoms with Gasteiger partial charge in [-0.15, -0.1) is 0 Å². The average molecular weight is 253 g/mol. The van der Waals surface area contributed by atoms with Gasteiger partial charge in [-0.05, 0) is 18.4 Å². The molecule has 0 saturated heterocycles. The molecule has 0 bridgehead atoms. The zero-order chi connectivity index (χ0) is 12.8. The number of methoxy groups -OCH3 is 1. The van der Waals surface area contributed by atoms with Gasteiger partial charge in [0, 0.05) is 25.3 Å². The third-order valence-electron chi connectivity index (χ3n) is 3.05. The Labute approximate surface area is 106 Å². The van der Waals surface area contributed by atoms with Crippen LogP contribution in [0.5, 0.6) is 0 Å². The van der Waals surface area contributed by atoms with E-state index in [1.807, 2.05) is 6.20 Å². The van der Waals surface area contributed by atoms with Crippen LogP contribution in [-0.4, -0.2) is 49.1 Å². The minimum atomic E-state index is -0.0703. The van der Waals surface area contributed by atoms with Crippen molar-refractivity contribution in [2.24, 2.45) is 0 Å². The minimum Gasteiger partial charge on any atom is -0.382 e. The number of aryl methyl sites for hydroxylation is 1. The van der Waals surface area contributed by atoms with Crippen molar-refractivity contribution in [2.45, 2.75) is 25.3 Å². The van der Waals surface area contributed by atoms with Crippen molar-refractivity contribution in [1.29, 1.82) is 0 Å². The third-order valence-corrected chi connectivity index (χ3v) is 3.05. The van der Waals surface area contributed by atoms with E-state index in [1.165, 1.54) is 5.56 Å². The third kappa shape index (κ3) is 3.54. The van der Waals surface area contributed by atoms with Crippen LogP contribution in [0.4, 0.5) is 0 Å². The Hall–Kier alpha value is -1.40. The van der Waals surface area contributed by atoms with E-state index in [1.54, 1.807) is 7.11 Å². The Morgan fingerprint density at radius 2 is 2.50 bits per heavy atom. The summed E-state index contributed by atoms with van der Waals surface area (Å²) in [5, 5.41) is 9.96. The molecule has 0 aliphatic heterocycles. The Bertz CT molecular complexity index is 392. The maximum atomic E-state index is 11.6. The second-order valence-electron chi connectivity index (χ2n) is 4.43. The molecule has 0 spiro atoms. The number of aromatic nitrogens is 2. The number of ether oxygens (including phenoxy) is 2. The van der Waals surface area contributed by atoms with Crippen LogP contribution in [0.25, 0.3) is 0 Å². The first-order valence-electron chi connectivity index (χ1n) is 6.16. The van der Waals surface area contributed by atoms with Gasteiger partial charge in [0.25, 0.3) is 0 Å². The monoisotopic (exact) mass is 253 g/mol. The molecular weight excluding hydrogens is 234 g/mol. The standard InChI is InChI=1S/C12H19N3O3/c1-17-4-5-18-8-12(16)14-10-3-2-9-7-13-15-11(9)6-10/h7,10H,2-6,8H2,1H3,(H,13,15)(H,14,16). The molecule has 1 aliphatic rings. The van der Waals surface area contributed by atoms with E-state index < -0.39 is 0 Å². The van der Waals surface area contributed by atoms with E-state index in [2.05, 4.69) is 15.5 Å². The maximum absolute atomic E-state index is 11.6. The van der Waals surface area contributed by atoms with Crippen molar-refractivity contribution in [3.63, 3.8) is 0 Å². The molecule has 1 atom stereocenters. The Morgan fingerprint density at radius 1 is 1.61 bits per heavy atom. The van der Waals surface area contributed by atoms with Gasteiger partial charge in [0.2, 0.25) is 5.91 Å². The molecule has 1 unspecified atom stereocenters. The number of carbonyl (C=O) groups is 1. The Morgan fingerprint density at radius 3 is 3.33 bits per heavy atom. The predicted octanol–water partition coefficient (Wildman–Crippen LogP) is 0.0462. The molecular formula is C12H19N3O3. The van der Waals surface area contributed by atoms with Crippen molar-refractivity contribution in [1.82, 2.24) is 15.5 Å². The summed E-state index contributed by atoms with van der Waals surface area (Å²) in [6, 6.07) is 0.177. The maximum Gasteiger partial charge on any atom is 0.246 e. The zero-order valence-corrected chi connectivity index (χ0v) is 10.6. The molecule has 1 aliphatic carbocycles. The van der Waals surface area contributed by atoms with Gasteiger partial charge in [-0.2, -0.15) is 5.10 Å². The second-order valence-corrected chi connectivity index (χ2v) is 4.43. The summed E-state index contributed by atoms with van der Waals surface area (Å²) in [5.74, 6) is -0.0703. The predicted molar refractivity (Wildman–Crippen MR) is 65.2 cm³/mol. The van der Waals surface area contributed by atoms with E-state index in [9.17, 15) is 4.79 Å². The number of nitrogens with zero attached hydrogens (tertiary/aromatic N) is 1. The fraction of sp³-hybridized carbons (Fsp3) is 0.667. The van der Waals surface area contributed by atoms with Crippen LogP contribution in [0.3, 0.4) is 0 Å². The summed E-state index contributed by atoms with van der Waals surface area (Å²) in [7, 11) is 1.60. The second kappa shape index (κ2) is 6.51. The van der Waals surface area contributed by atoms with E-state index in [0.717, 1.165) is 25.0 Å². The number of hydrogen-bond donors (Lipinski definition) is 2. The van der Waals surface area contributed by atoms with Crippen LogP contribution < -0.4 is 5.32 Å². The van der Waals surface area contributed by atoms with Crippen molar-refractivity contribution >= 4 is 5.91 Å². The number of fused-ring (bicyclic) bond motifs is 1. The number of nitrogens with one attached hydrogen (secondary N) is 2. The first kappa shape index (κ1) is 13.0. The van der Waals surface area contributed by atoms with Crippen LogP contribution in [0.15, 0.2) is 6.20 Å². The first-order chi connectivity index (χ1) is 8.79. The van der Waals surface area contributed by atoms with Crippen molar-refractivity contribution in [2.75, 3.05) is 26.9 Å². The highest BCUT2D eigenvalue weighted by atomic mass is 16.5. The molecule has 6 nitrogen and oxygen atoms in total. The van der Waals surface area contributed by atoms with Crippen LogP contribution in [0, 0.1) is 0 Å². The lowest BCUT2D eigenvalue weighted by molar-refractivity contribution is -0.126. The molecule has 0 radical (unpaired) electrons.